The van der Waals surface area contributed by atoms with Crippen LogP contribution in [0.15, 0.2) is 29.2 Å². The number of ether oxygens (including phenoxy) is 1. The zero-order valence-electron chi connectivity index (χ0n) is 11.1. The van der Waals surface area contributed by atoms with Crippen LogP contribution in [0.5, 0.6) is 0 Å². The van der Waals surface area contributed by atoms with Gasteiger partial charge < -0.3 is 10.1 Å². The van der Waals surface area contributed by atoms with Crippen molar-refractivity contribution >= 4 is 10.0 Å². The van der Waals surface area contributed by atoms with E-state index in [4.69, 9.17) is 4.74 Å². The van der Waals surface area contributed by atoms with Gasteiger partial charge in [0.15, 0.2) is 0 Å². The van der Waals surface area contributed by atoms with Gasteiger partial charge in [-0.3, -0.25) is 0 Å². The molecule has 5 nitrogen and oxygen atoms in total. The first kappa shape index (κ1) is 14.5. The minimum Gasteiger partial charge on any atom is -0.377 e. The van der Waals surface area contributed by atoms with E-state index in [1.807, 2.05) is 19.2 Å². The van der Waals surface area contributed by atoms with Gasteiger partial charge in [-0.2, -0.15) is 0 Å². The van der Waals surface area contributed by atoms with Gasteiger partial charge in [0.05, 0.1) is 11.0 Å². The standard InChI is InChI=1S/C13H20N2O3S/c1-14-9-11-4-6-13(7-5-11)19(16,17)15-10-12-3-2-8-18-12/h4-7,12,14-15H,2-3,8-10H2,1H3. The first-order valence-electron chi connectivity index (χ1n) is 6.46. The zero-order valence-corrected chi connectivity index (χ0v) is 11.9. The van der Waals surface area contributed by atoms with Gasteiger partial charge in [0.1, 0.15) is 0 Å². The lowest BCUT2D eigenvalue weighted by atomic mass is 10.2. The molecule has 6 heteroatoms. The normalized spacial score (nSPS) is 19.7. The van der Waals surface area contributed by atoms with Crippen LogP contribution < -0.4 is 10.0 Å². The molecule has 1 heterocycles. The van der Waals surface area contributed by atoms with Crippen molar-refractivity contribution < 1.29 is 13.2 Å². The largest absolute Gasteiger partial charge is 0.377 e. The van der Waals surface area contributed by atoms with Gasteiger partial charge in [0.2, 0.25) is 10.0 Å². The van der Waals surface area contributed by atoms with Crippen LogP contribution in [0.25, 0.3) is 0 Å². The maximum atomic E-state index is 12.1. The SMILES string of the molecule is CNCc1ccc(S(=O)(=O)NCC2CCCO2)cc1. The van der Waals surface area contributed by atoms with Gasteiger partial charge in [-0.05, 0) is 37.6 Å². The van der Waals surface area contributed by atoms with E-state index in [1.54, 1.807) is 12.1 Å². The Kier molecular flexibility index (Phi) is 4.93. The van der Waals surface area contributed by atoms with Crippen LogP contribution in [0, 0.1) is 0 Å². The quantitative estimate of drug-likeness (QED) is 0.813. The first-order chi connectivity index (χ1) is 9.12. The van der Waals surface area contributed by atoms with Crippen molar-refractivity contribution in [1.29, 1.82) is 0 Å². The molecule has 1 fully saturated rings. The van der Waals surface area contributed by atoms with Crippen molar-refractivity contribution in [2.45, 2.75) is 30.4 Å². The highest BCUT2D eigenvalue weighted by Gasteiger charge is 2.20. The monoisotopic (exact) mass is 284 g/mol. The highest BCUT2D eigenvalue weighted by atomic mass is 32.2. The molecule has 1 aromatic carbocycles. The Labute approximate surface area is 114 Å². The lowest BCUT2D eigenvalue weighted by Gasteiger charge is -2.11. The number of sulfonamides is 1. The second kappa shape index (κ2) is 6.47. The summed E-state index contributed by atoms with van der Waals surface area (Å²) in [6, 6.07) is 6.89. The highest BCUT2D eigenvalue weighted by molar-refractivity contribution is 7.89. The molecule has 19 heavy (non-hydrogen) atoms. The second-order valence-electron chi connectivity index (χ2n) is 4.66. The van der Waals surface area contributed by atoms with E-state index in [1.165, 1.54) is 0 Å². The molecule has 1 saturated heterocycles. The Balaban J connectivity index is 1.97. The summed E-state index contributed by atoms with van der Waals surface area (Å²) in [6.07, 6.45) is 1.94. The van der Waals surface area contributed by atoms with Crippen molar-refractivity contribution in [1.82, 2.24) is 10.0 Å². The van der Waals surface area contributed by atoms with Crippen LogP contribution in [-0.4, -0.2) is 34.7 Å². The molecule has 1 aromatic rings. The van der Waals surface area contributed by atoms with Crippen molar-refractivity contribution in [2.24, 2.45) is 0 Å². The fraction of sp³-hybridized carbons (Fsp3) is 0.538. The third-order valence-corrected chi connectivity index (χ3v) is 4.58. The molecular weight excluding hydrogens is 264 g/mol. The minimum atomic E-state index is -3.43. The fourth-order valence-corrected chi connectivity index (χ4v) is 3.15. The van der Waals surface area contributed by atoms with Gasteiger partial charge in [0, 0.05) is 19.7 Å². The predicted octanol–water partition coefficient (Wildman–Crippen LogP) is 0.863. The molecule has 0 amide bonds. The summed E-state index contributed by atoms with van der Waals surface area (Å²) < 4.78 is 32.2. The minimum absolute atomic E-state index is 0.0124. The number of hydrogen-bond donors (Lipinski definition) is 2. The predicted molar refractivity (Wildman–Crippen MR) is 73.4 cm³/mol. The lowest BCUT2D eigenvalue weighted by Crippen LogP contribution is -2.31. The Morgan fingerprint density at radius 1 is 1.32 bits per heavy atom. The molecule has 0 bridgehead atoms. The van der Waals surface area contributed by atoms with E-state index in [9.17, 15) is 8.42 Å². The number of benzene rings is 1. The average Bonchev–Trinajstić information content (AvgIpc) is 2.91. The fourth-order valence-electron chi connectivity index (χ4n) is 2.08. The molecule has 0 radical (unpaired) electrons. The third-order valence-electron chi connectivity index (χ3n) is 3.14. The average molecular weight is 284 g/mol. The molecule has 2 rings (SSSR count). The maximum Gasteiger partial charge on any atom is 0.240 e. The number of hydrogen-bond acceptors (Lipinski definition) is 4. The van der Waals surface area contributed by atoms with Crippen molar-refractivity contribution in [2.75, 3.05) is 20.2 Å². The first-order valence-corrected chi connectivity index (χ1v) is 7.95. The second-order valence-corrected chi connectivity index (χ2v) is 6.43. The van der Waals surface area contributed by atoms with E-state index in [2.05, 4.69) is 10.0 Å². The van der Waals surface area contributed by atoms with E-state index in [-0.39, 0.29) is 6.10 Å². The molecule has 1 atom stereocenters. The molecular formula is C13H20N2O3S. The Hall–Kier alpha value is -0.950. The Morgan fingerprint density at radius 2 is 2.05 bits per heavy atom. The zero-order chi connectivity index (χ0) is 13.7. The molecule has 106 valence electrons. The summed E-state index contributed by atoms with van der Waals surface area (Å²) in [5.74, 6) is 0. The lowest BCUT2D eigenvalue weighted by molar-refractivity contribution is 0.114. The van der Waals surface area contributed by atoms with Gasteiger partial charge >= 0.3 is 0 Å². The van der Waals surface area contributed by atoms with Crippen LogP contribution in [0.3, 0.4) is 0 Å². The Bertz CT molecular complexity index is 493. The molecule has 0 saturated carbocycles. The summed E-state index contributed by atoms with van der Waals surface area (Å²) in [7, 11) is -1.57. The summed E-state index contributed by atoms with van der Waals surface area (Å²) in [5.41, 5.74) is 1.06. The van der Waals surface area contributed by atoms with Crippen molar-refractivity contribution in [3.05, 3.63) is 29.8 Å². The van der Waals surface area contributed by atoms with E-state index in [0.717, 1.165) is 31.6 Å². The molecule has 2 N–H and O–H groups in total. The third kappa shape index (κ3) is 4.01. The van der Waals surface area contributed by atoms with Crippen LogP contribution in [0.2, 0.25) is 0 Å². The van der Waals surface area contributed by atoms with Crippen LogP contribution in [0.1, 0.15) is 18.4 Å². The summed E-state index contributed by atoms with van der Waals surface area (Å²) in [4.78, 5) is 0.297. The summed E-state index contributed by atoms with van der Waals surface area (Å²) in [5, 5.41) is 3.02. The smallest absolute Gasteiger partial charge is 0.240 e. The van der Waals surface area contributed by atoms with Gasteiger partial charge in [0.25, 0.3) is 0 Å². The van der Waals surface area contributed by atoms with Crippen molar-refractivity contribution in [3.63, 3.8) is 0 Å². The number of rotatable bonds is 6. The molecule has 1 aliphatic rings. The van der Waals surface area contributed by atoms with Crippen LogP contribution in [-0.2, 0) is 21.3 Å². The van der Waals surface area contributed by atoms with E-state index in [0.29, 0.717) is 11.4 Å². The molecule has 0 aromatic heterocycles. The van der Waals surface area contributed by atoms with Gasteiger partial charge in [-0.15, -0.1) is 0 Å². The van der Waals surface area contributed by atoms with E-state index < -0.39 is 10.0 Å². The van der Waals surface area contributed by atoms with Crippen LogP contribution >= 0.6 is 0 Å². The maximum absolute atomic E-state index is 12.1. The number of nitrogens with one attached hydrogen (secondary N) is 2. The Morgan fingerprint density at radius 3 is 2.63 bits per heavy atom. The molecule has 0 aliphatic carbocycles. The van der Waals surface area contributed by atoms with Crippen molar-refractivity contribution in [3.8, 4) is 0 Å². The molecule has 1 unspecified atom stereocenters. The molecule has 1 aliphatic heterocycles. The topological polar surface area (TPSA) is 67.4 Å². The van der Waals surface area contributed by atoms with Gasteiger partial charge in [-0.25, -0.2) is 13.1 Å². The van der Waals surface area contributed by atoms with E-state index >= 15 is 0 Å². The summed E-state index contributed by atoms with van der Waals surface area (Å²) in [6.45, 7) is 1.80. The van der Waals surface area contributed by atoms with Gasteiger partial charge in [-0.1, -0.05) is 12.1 Å². The highest BCUT2D eigenvalue weighted by Crippen LogP contribution is 2.14. The van der Waals surface area contributed by atoms with Crippen LogP contribution in [0.4, 0.5) is 0 Å². The molecule has 0 spiro atoms. The summed E-state index contributed by atoms with van der Waals surface area (Å²) >= 11 is 0.